The van der Waals surface area contributed by atoms with Crippen LogP contribution in [0.15, 0.2) is 60.7 Å². The maximum absolute atomic E-state index is 14.2. The van der Waals surface area contributed by atoms with Crippen LogP contribution in [0.2, 0.25) is 0 Å². The Balaban J connectivity index is 1.78. The highest BCUT2D eigenvalue weighted by atomic mass is 19.1. The van der Waals surface area contributed by atoms with Crippen molar-refractivity contribution in [2.45, 2.75) is 13.0 Å². The molecule has 0 saturated carbocycles. The van der Waals surface area contributed by atoms with Crippen LogP contribution in [-0.4, -0.2) is 24.4 Å². The number of halogens is 4. The highest BCUT2D eigenvalue weighted by molar-refractivity contribution is 6.14. The molecule has 1 aliphatic heterocycles. The molecule has 8 heteroatoms. The summed E-state index contributed by atoms with van der Waals surface area (Å²) in [6.07, 6.45) is 0. The topological polar surface area (TPSA) is 40.6 Å². The molecule has 0 aliphatic carbocycles. The average molecular weight is 428 g/mol. The number of hydrogen-bond donors (Lipinski definition) is 0. The lowest BCUT2D eigenvalue weighted by Gasteiger charge is -2.41. The first-order valence-corrected chi connectivity index (χ1v) is 9.42. The van der Waals surface area contributed by atoms with Gasteiger partial charge >= 0.3 is 0 Å². The third-order valence-corrected chi connectivity index (χ3v) is 5.10. The van der Waals surface area contributed by atoms with Crippen molar-refractivity contribution in [1.82, 2.24) is 0 Å². The van der Waals surface area contributed by atoms with Crippen molar-refractivity contribution in [3.63, 3.8) is 0 Å². The number of carbonyl (C=O) groups is 2. The van der Waals surface area contributed by atoms with Crippen LogP contribution in [0.1, 0.15) is 27.6 Å². The molecule has 4 rings (SSSR count). The molecule has 31 heavy (non-hydrogen) atoms. The molecule has 0 spiro atoms. The number of carbonyl (C=O) groups excluding carboxylic acids is 2. The quantitative estimate of drug-likeness (QED) is 0.543. The van der Waals surface area contributed by atoms with Crippen LogP contribution in [-0.2, 0) is 0 Å². The normalized spacial score (nSPS) is 15.6. The van der Waals surface area contributed by atoms with Crippen molar-refractivity contribution in [1.29, 1.82) is 0 Å². The molecular formula is C23H16F4N2O2. The molecule has 1 unspecified atom stereocenters. The van der Waals surface area contributed by atoms with Crippen molar-refractivity contribution < 1.29 is 27.2 Å². The summed E-state index contributed by atoms with van der Waals surface area (Å²) in [7, 11) is 0. The second-order valence-electron chi connectivity index (χ2n) is 7.18. The molecule has 158 valence electrons. The van der Waals surface area contributed by atoms with Crippen LogP contribution in [0.4, 0.5) is 28.9 Å². The molecule has 0 saturated heterocycles. The largest absolute Gasteiger partial charge is 0.304 e. The molecule has 2 amide bonds. The van der Waals surface area contributed by atoms with Gasteiger partial charge in [0.1, 0.15) is 23.3 Å². The van der Waals surface area contributed by atoms with E-state index < -0.39 is 52.3 Å². The predicted octanol–water partition coefficient (Wildman–Crippen LogP) is 4.94. The van der Waals surface area contributed by atoms with Gasteiger partial charge in [0.25, 0.3) is 11.8 Å². The fraction of sp³-hybridized carbons (Fsp3) is 0.130. The second-order valence-corrected chi connectivity index (χ2v) is 7.18. The summed E-state index contributed by atoms with van der Waals surface area (Å²) in [5, 5.41) is 0. The Bertz CT molecular complexity index is 1200. The standard InChI is InChI=1S/C23H16F4N2O2/c1-13-12-28(22(30)16-10-14(24)6-8-18(16)26)20-4-2-3-5-21(20)29(13)23(31)17-11-15(25)7-9-19(17)27/h2-11,13H,12H2,1H3. The van der Waals surface area contributed by atoms with Crippen LogP contribution >= 0.6 is 0 Å². The molecule has 4 nitrogen and oxygen atoms in total. The van der Waals surface area contributed by atoms with E-state index in [-0.39, 0.29) is 17.9 Å². The minimum atomic E-state index is -0.878. The number of anilines is 2. The summed E-state index contributed by atoms with van der Waals surface area (Å²) < 4.78 is 55.7. The van der Waals surface area contributed by atoms with Gasteiger partial charge in [0.15, 0.2) is 0 Å². The molecule has 0 aromatic heterocycles. The lowest BCUT2D eigenvalue weighted by molar-refractivity contribution is 0.0948. The average Bonchev–Trinajstić information content (AvgIpc) is 2.75. The van der Waals surface area contributed by atoms with E-state index >= 15 is 0 Å². The fourth-order valence-electron chi connectivity index (χ4n) is 3.68. The molecule has 3 aromatic rings. The van der Waals surface area contributed by atoms with E-state index in [1.54, 1.807) is 31.2 Å². The lowest BCUT2D eigenvalue weighted by atomic mass is 10.0. The Kier molecular flexibility index (Phi) is 5.22. The zero-order valence-corrected chi connectivity index (χ0v) is 16.3. The van der Waals surface area contributed by atoms with Gasteiger partial charge in [0.05, 0.1) is 28.5 Å². The van der Waals surface area contributed by atoms with Gasteiger partial charge in [-0.3, -0.25) is 9.59 Å². The molecule has 1 aliphatic rings. The van der Waals surface area contributed by atoms with E-state index in [1.807, 2.05) is 0 Å². The number of amides is 2. The Labute approximate surface area is 175 Å². The second kappa shape index (κ2) is 7.86. The number of benzene rings is 3. The van der Waals surface area contributed by atoms with Gasteiger partial charge in [-0.1, -0.05) is 12.1 Å². The van der Waals surface area contributed by atoms with Gasteiger partial charge < -0.3 is 9.80 Å². The van der Waals surface area contributed by atoms with E-state index in [2.05, 4.69) is 0 Å². The monoisotopic (exact) mass is 428 g/mol. The highest BCUT2D eigenvalue weighted by Gasteiger charge is 2.36. The van der Waals surface area contributed by atoms with Crippen molar-refractivity contribution in [3.8, 4) is 0 Å². The van der Waals surface area contributed by atoms with Gasteiger partial charge in [-0.05, 0) is 55.5 Å². The third kappa shape index (κ3) is 3.65. The van der Waals surface area contributed by atoms with E-state index in [4.69, 9.17) is 0 Å². The summed E-state index contributed by atoms with van der Waals surface area (Å²) in [4.78, 5) is 28.6. The van der Waals surface area contributed by atoms with Gasteiger partial charge in [0.2, 0.25) is 0 Å². The van der Waals surface area contributed by atoms with Gasteiger partial charge in [-0.2, -0.15) is 0 Å². The number of fused-ring (bicyclic) bond motifs is 1. The van der Waals surface area contributed by atoms with E-state index in [9.17, 15) is 27.2 Å². The molecule has 0 bridgehead atoms. The minimum Gasteiger partial charge on any atom is -0.304 e. The Morgan fingerprint density at radius 1 is 0.774 bits per heavy atom. The maximum Gasteiger partial charge on any atom is 0.261 e. The molecule has 3 aromatic carbocycles. The number of nitrogens with zero attached hydrogens (tertiary/aromatic N) is 2. The lowest BCUT2D eigenvalue weighted by Crippen LogP contribution is -2.52. The molecule has 0 N–H and O–H groups in total. The van der Waals surface area contributed by atoms with Crippen LogP contribution in [0, 0.1) is 23.3 Å². The smallest absolute Gasteiger partial charge is 0.261 e. The van der Waals surface area contributed by atoms with Crippen molar-refractivity contribution >= 4 is 23.2 Å². The molecule has 1 atom stereocenters. The number of rotatable bonds is 2. The first kappa shape index (κ1) is 20.6. The zero-order valence-electron chi connectivity index (χ0n) is 16.3. The summed E-state index contributed by atoms with van der Waals surface area (Å²) >= 11 is 0. The van der Waals surface area contributed by atoms with Crippen LogP contribution in [0.25, 0.3) is 0 Å². The predicted molar refractivity (Wildman–Crippen MR) is 107 cm³/mol. The number of para-hydroxylation sites is 2. The highest BCUT2D eigenvalue weighted by Crippen LogP contribution is 2.37. The summed E-state index contributed by atoms with van der Waals surface area (Å²) in [5.74, 6) is -4.84. The Hall–Kier alpha value is -3.68. The maximum atomic E-state index is 14.2. The van der Waals surface area contributed by atoms with E-state index in [0.29, 0.717) is 0 Å². The minimum absolute atomic E-state index is 0.0610. The Morgan fingerprint density at radius 3 is 1.87 bits per heavy atom. The summed E-state index contributed by atoms with van der Waals surface area (Å²) in [5.41, 5.74) is -0.366. The van der Waals surface area contributed by atoms with Crippen molar-refractivity contribution in [2.24, 2.45) is 0 Å². The fourth-order valence-corrected chi connectivity index (χ4v) is 3.68. The van der Waals surface area contributed by atoms with Crippen LogP contribution in [0.3, 0.4) is 0 Å². The Morgan fingerprint density at radius 2 is 1.29 bits per heavy atom. The van der Waals surface area contributed by atoms with Gasteiger partial charge in [0, 0.05) is 6.54 Å². The third-order valence-electron chi connectivity index (χ3n) is 5.10. The molecular weight excluding hydrogens is 412 g/mol. The van der Waals surface area contributed by atoms with Gasteiger partial charge in [-0.25, -0.2) is 17.6 Å². The molecule has 0 radical (unpaired) electrons. The SMILES string of the molecule is CC1CN(C(=O)c2cc(F)ccc2F)c2ccccc2N1C(=O)c1cc(F)ccc1F. The van der Waals surface area contributed by atoms with Crippen molar-refractivity contribution in [2.75, 3.05) is 16.3 Å². The van der Waals surface area contributed by atoms with Gasteiger partial charge in [-0.15, -0.1) is 0 Å². The van der Waals surface area contributed by atoms with E-state index in [1.165, 1.54) is 9.80 Å². The molecule has 1 heterocycles. The van der Waals surface area contributed by atoms with Crippen LogP contribution in [0.5, 0.6) is 0 Å². The summed E-state index contributed by atoms with van der Waals surface area (Å²) in [6, 6.07) is 10.8. The van der Waals surface area contributed by atoms with Crippen LogP contribution < -0.4 is 9.80 Å². The first-order chi connectivity index (χ1) is 14.8. The summed E-state index contributed by atoms with van der Waals surface area (Å²) in [6.45, 7) is 1.56. The molecule has 0 fully saturated rings. The first-order valence-electron chi connectivity index (χ1n) is 9.42. The number of hydrogen-bond acceptors (Lipinski definition) is 2. The zero-order chi connectivity index (χ0) is 22.3. The van der Waals surface area contributed by atoms with E-state index in [0.717, 1.165) is 36.4 Å². The van der Waals surface area contributed by atoms with Crippen molar-refractivity contribution in [3.05, 3.63) is 95.1 Å².